The van der Waals surface area contributed by atoms with Crippen LogP contribution in [0.3, 0.4) is 0 Å². The number of likely N-dealkylation sites (tertiary alicyclic amines) is 1. The van der Waals surface area contributed by atoms with Crippen LogP contribution in [0.5, 0.6) is 11.5 Å². The molecule has 3 rings (SSSR count). The zero-order valence-corrected chi connectivity index (χ0v) is 16.1. The van der Waals surface area contributed by atoms with Gasteiger partial charge in [0.1, 0.15) is 6.61 Å². The molecule has 0 unspecified atom stereocenters. The number of nitrogens with zero attached hydrogens (tertiary/aromatic N) is 1. The minimum absolute atomic E-state index is 0.166. The van der Waals surface area contributed by atoms with Crippen LogP contribution in [0.15, 0.2) is 48.5 Å². The summed E-state index contributed by atoms with van der Waals surface area (Å²) in [6, 6.07) is 15.0. The zero-order chi connectivity index (χ0) is 19.8. The van der Waals surface area contributed by atoms with E-state index in [1.54, 1.807) is 25.3 Å². The SMILES string of the molecule is COc1cc(C(=O)NCCCN2CCCC2=O)ccc1OCc1ccccc1. The molecule has 148 valence electrons. The number of hydrogen-bond acceptors (Lipinski definition) is 4. The lowest BCUT2D eigenvalue weighted by Gasteiger charge is -2.15. The van der Waals surface area contributed by atoms with Crippen LogP contribution in [0, 0.1) is 0 Å². The van der Waals surface area contributed by atoms with Crippen molar-refractivity contribution in [3.8, 4) is 11.5 Å². The van der Waals surface area contributed by atoms with E-state index in [4.69, 9.17) is 9.47 Å². The van der Waals surface area contributed by atoms with Crippen LogP contribution in [-0.2, 0) is 11.4 Å². The molecule has 28 heavy (non-hydrogen) atoms. The average Bonchev–Trinajstić information content (AvgIpc) is 3.14. The van der Waals surface area contributed by atoms with Crippen LogP contribution in [0.25, 0.3) is 0 Å². The molecule has 0 atom stereocenters. The predicted octanol–water partition coefficient (Wildman–Crippen LogP) is 3.02. The zero-order valence-electron chi connectivity index (χ0n) is 16.1. The minimum Gasteiger partial charge on any atom is -0.493 e. The number of carbonyl (C=O) groups excluding carboxylic acids is 2. The molecule has 0 aliphatic carbocycles. The predicted molar refractivity (Wildman–Crippen MR) is 107 cm³/mol. The van der Waals surface area contributed by atoms with Crippen molar-refractivity contribution in [2.24, 2.45) is 0 Å². The number of amides is 2. The summed E-state index contributed by atoms with van der Waals surface area (Å²) in [6.45, 7) is 2.47. The van der Waals surface area contributed by atoms with Crippen molar-refractivity contribution in [3.63, 3.8) is 0 Å². The molecular formula is C22H26N2O4. The number of hydrogen-bond donors (Lipinski definition) is 1. The average molecular weight is 382 g/mol. The molecule has 1 heterocycles. The molecule has 2 aromatic carbocycles. The summed E-state index contributed by atoms with van der Waals surface area (Å²) in [7, 11) is 1.56. The van der Waals surface area contributed by atoms with Crippen molar-refractivity contribution in [3.05, 3.63) is 59.7 Å². The summed E-state index contributed by atoms with van der Waals surface area (Å²) in [5.74, 6) is 1.16. The number of carbonyl (C=O) groups is 2. The summed E-state index contributed by atoms with van der Waals surface area (Å²) >= 11 is 0. The number of benzene rings is 2. The Morgan fingerprint density at radius 1 is 1.14 bits per heavy atom. The van der Waals surface area contributed by atoms with E-state index in [1.807, 2.05) is 35.2 Å². The second-order valence-corrected chi connectivity index (χ2v) is 6.73. The van der Waals surface area contributed by atoms with E-state index < -0.39 is 0 Å². The Labute approximate surface area is 165 Å². The van der Waals surface area contributed by atoms with Crippen molar-refractivity contribution in [1.82, 2.24) is 10.2 Å². The third-order valence-corrected chi connectivity index (χ3v) is 4.72. The van der Waals surface area contributed by atoms with Gasteiger partial charge in [-0.05, 0) is 36.6 Å². The molecule has 0 spiro atoms. The van der Waals surface area contributed by atoms with Gasteiger partial charge in [0, 0.05) is 31.6 Å². The standard InChI is InChI=1S/C22H26N2O4/c1-27-20-15-18(10-11-19(20)28-16-17-7-3-2-4-8-17)22(26)23-12-6-14-24-13-5-9-21(24)25/h2-4,7-8,10-11,15H,5-6,9,12-14,16H2,1H3,(H,23,26). The lowest BCUT2D eigenvalue weighted by atomic mass is 10.2. The highest BCUT2D eigenvalue weighted by molar-refractivity contribution is 5.94. The molecule has 0 radical (unpaired) electrons. The second kappa shape index (κ2) is 9.78. The monoisotopic (exact) mass is 382 g/mol. The van der Waals surface area contributed by atoms with Gasteiger partial charge in [-0.1, -0.05) is 30.3 Å². The van der Waals surface area contributed by atoms with E-state index >= 15 is 0 Å². The summed E-state index contributed by atoms with van der Waals surface area (Å²) in [6.07, 6.45) is 2.32. The van der Waals surface area contributed by atoms with Gasteiger partial charge in [0.25, 0.3) is 5.91 Å². The molecule has 6 nitrogen and oxygen atoms in total. The van der Waals surface area contributed by atoms with Crippen molar-refractivity contribution in [1.29, 1.82) is 0 Å². The maximum absolute atomic E-state index is 12.4. The molecule has 0 bridgehead atoms. The number of ether oxygens (including phenoxy) is 2. The number of methoxy groups -OCH3 is 1. The van der Waals surface area contributed by atoms with Gasteiger partial charge in [-0.3, -0.25) is 9.59 Å². The van der Waals surface area contributed by atoms with Gasteiger partial charge >= 0.3 is 0 Å². The van der Waals surface area contributed by atoms with Gasteiger partial charge in [-0.15, -0.1) is 0 Å². The second-order valence-electron chi connectivity index (χ2n) is 6.73. The van der Waals surface area contributed by atoms with E-state index in [9.17, 15) is 9.59 Å². The van der Waals surface area contributed by atoms with Crippen LogP contribution in [0.2, 0.25) is 0 Å². The maximum atomic E-state index is 12.4. The molecule has 0 aromatic heterocycles. The highest BCUT2D eigenvalue weighted by Gasteiger charge is 2.19. The molecule has 1 aliphatic heterocycles. The Bertz CT molecular complexity index is 807. The fraction of sp³-hybridized carbons (Fsp3) is 0.364. The third-order valence-electron chi connectivity index (χ3n) is 4.72. The lowest BCUT2D eigenvalue weighted by molar-refractivity contribution is -0.127. The topological polar surface area (TPSA) is 67.9 Å². The van der Waals surface area contributed by atoms with Gasteiger partial charge in [-0.2, -0.15) is 0 Å². The van der Waals surface area contributed by atoms with Crippen LogP contribution in [0.1, 0.15) is 35.2 Å². The highest BCUT2D eigenvalue weighted by atomic mass is 16.5. The Balaban J connectivity index is 1.50. The minimum atomic E-state index is -0.166. The van der Waals surface area contributed by atoms with Crippen LogP contribution in [0.4, 0.5) is 0 Å². The third kappa shape index (κ3) is 5.25. The summed E-state index contributed by atoms with van der Waals surface area (Å²) in [5.41, 5.74) is 1.57. The molecule has 1 saturated heterocycles. The molecule has 2 amide bonds. The molecular weight excluding hydrogens is 356 g/mol. The van der Waals surface area contributed by atoms with E-state index in [2.05, 4.69) is 5.32 Å². The Kier molecular flexibility index (Phi) is 6.89. The highest BCUT2D eigenvalue weighted by Crippen LogP contribution is 2.28. The maximum Gasteiger partial charge on any atom is 0.251 e. The van der Waals surface area contributed by atoms with Crippen molar-refractivity contribution >= 4 is 11.8 Å². The smallest absolute Gasteiger partial charge is 0.251 e. The molecule has 0 saturated carbocycles. The molecule has 1 aliphatic rings. The van der Waals surface area contributed by atoms with E-state index in [0.29, 0.717) is 43.2 Å². The quantitative estimate of drug-likeness (QED) is 0.677. The Morgan fingerprint density at radius 3 is 2.68 bits per heavy atom. The fourth-order valence-corrected chi connectivity index (χ4v) is 3.18. The lowest BCUT2D eigenvalue weighted by Crippen LogP contribution is -2.30. The molecule has 1 fully saturated rings. The van der Waals surface area contributed by atoms with Crippen LogP contribution < -0.4 is 14.8 Å². The molecule has 2 aromatic rings. The largest absolute Gasteiger partial charge is 0.493 e. The van der Waals surface area contributed by atoms with Gasteiger partial charge < -0.3 is 19.7 Å². The first kappa shape index (κ1) is 19.7. The van der Waals surface area contributed by atoms with Crippen molar-refractivity contribution in [2.75, 3.05) is 26.7 Å². The van der Waals surface area contributed by atoms with Crippen LogP contribution in [-0.4, -0.2) is 43.5 Å². The van der Waals surface area contributed by atoms with Gasteiger partial charge in [0.15, 0.2) is 11.5 Å². The summed E-state index contributed by atoms with van der Waals surface area (Å²) in [4.78, 5) is 25.8. The van der Waals surface area contributed by atoms with Gasteiger partial charge in [0.05, 0.1) is 7.11 Å². The fourth-order valence-electron chi connectivity index (χ4n) is 3.18. The molecule has 1 N–H and O–H groups in total. The van der Waals surface area contributed by atoms with Gasteiger partial charge in [0.2, 0.25) is 5.91 Å². The van der Waals surface area contributed by atoms with E-state index in [1.165, 1.54) is 0 Å². The first-order valence-electron chi connectivity index (χ1n) is 9.58. The Morgan fingerprint density at radius 2 is 1.96 bits per heavy atom. The van der Waals surface area contributed by atoms with E-state index in [0.717, 1.165) is 24.9 Å². The van der Waals surface area contributed by atoms with Crippen molar-refractivity contribution < 1.29 is 19.1 Å². The summed E-state index contributed by atoms with van der Waals surface area (Å²) < 4.78 is 11.2. The summed E-state index contributed by atoms with van der Waals surface area (Å²) in [5, 5.41) is 2.89. The van der Waals surface area contributed by atoms with Crippen molar-refractivity contribution in [2.45, 2.75) is 25.9 Å². The number of nitrogens with one attached hydrogen (secondary N) is 1. The van der Waals surface area contributed by atoms with Crippen LogP contribution >= 0.6 is 0 Å². The Hall–Kier alpha value is -3.02. The first-order valence-corrected chi connectivity index (χ1v) is 9.58. The first-order chi connectivity index (χ1) is 13.7. The van der Waals surface area contributed by atoms with Gasteiger partial charge in [-0.25, -0.2) is 0 Å². The molecule has 6 heteroatoms. The van der Waals surface area contributed by atoms with E-state index in [-0.39, 0.29) is 11.8 Å². The number of rotatable bonds is 9. The normalized spacial score (nSPS) is 13.5.